The predicted molar refractivity (Wildman–Crippen MR) is 73.3 cm³/mol. The van der Waals surface area contributed by atoms with Crippen LogP contribution in [0.25, 0.3) is 0 Å². The molecule has 3 atom stereocenters. The molecule has 3 rings (SSSR count). The Hall–Kier alpha value is -1.55. The number of hydrogen-bond donors (Lipinski definition) is 1. The molecular formula is C15H20N2O2. The van der Waals surface area contributed by atoms with E-state index in [2.05, 4.69) is 12.2 Å². The van der Waals surface area contributed by atoms with Crippen LogP contribution >= 0.6 is 0 Å². The highest BCUT2D eigenvalue weighted by Crippen LogP contribution is 2.38. The van der Waals surface area contributed by atoms with Crippen molar-refractivity contribution in [2.75, 3.05) is 20.1 Å². The lowest BCUT2D eigenvalue weighted by Crippen LogP contribution is -2.46. The van der Waals surface area contributed by atoms with Crippen LogP contribution in [-0.4, -0.2) is 43.1 Å². The fraction of sp³-hybridized carbons (Fsp3) is 0.533. The zero-order valence-corrected chi connectivity index (χ0v) is 11.4. The number of fused-ring (bicyclic) bond motifs is 1. The molecule has 0 unspecified atom stereocenters. The molecule has 0 aromatic heterocycles. The van der Waals surface area contributed by atoms with Crippen molar-refractivity contribution in [2.24, 2.45) is 0 Å². The minimum Gasteiger partial charge on any atom is -0.480 e. The van der Waals surface area contributed by atoms with E-state index in [1.165, 1.54) is 0 Å². The van der Waals surface area contributed by atoms with Gasteiger partial charge in [-0.1, -0.05) is 25.1 Å². The Morgan fingerprint density at radius 3 is 2.89 bits per heavy atom. The summed E-state index contributed by atoms with van der Waals surface area (Å²) in [6.45, 7) is 3.94. The molecule has 4 heteroatoms. The van der Waals surface area contributed by atoms with Gasteiger partial charge in [0.15, 0.2) is 6.10 Å². The first kappa shape index (κ1) is 12.5. The highest BCUT2D eigenvalue weighted by molar-refractivity contribution is 5.83. The average Bonchev–Trinajstić information content (AvgIpc) is 3.06. The lowest BCUT2D eigenvalue weighted by Gasteiger charge is -2.27. The Morgan fingerprint density at radius 2 is 2.21 bits per heavy atom. The number of rotatable bonds is 2. The van der Waals surface area contributed by atoms with Gasteiger partial charge in [0.05, 0.1) is 0 Å². The molecule has 1 N–H and O–H groups in total. The topological polar surface area (TPSA) is 41.6 Å². The van der Waals surface area contributed by atoms with Gasteiger partial charge in [0, 0.05) is 31.1 Å². The molecule has 2 heterocycles. The smallest absolute Gasteiger partial charge is 0.264 e. The van der Waals surface area contributed by atoms with Gasteiger partial charge in [-0.15, -0.1) is 0 Å². The first-order chi connectivity index (χ1) is 9.18. The van der Waals surface area contributed by atoms with Gasteiger partial charge in [-0.05, 0) is 19.0 Å². The van der Waals surface area contributed by atoms with Crippen molar-refractivity contribution in [2.45, 2.75) is 31.4 Å². The van der Waals surface area contributed by atoms with E-state index < -0.39 is 0 Å². The van der Waals surface area contributed by atoms with Gasteiger partial charge >= 0.3 is 0 Å². The van der Waals surface area contributed by atoms with Crippen molar-refractivity contribution < 1.29 is 9.53 Å². The molecule has 0 aliphatic carbocycles. The summed E-state index contributed by atoms with van der Waals surface area (Å²) >= 11 is 0. The maximum absolute atomic E-state index is 12.6. The van der Waals surface area contributed by atoms with Crippen LogP contribution in [0.5, 0.6) is 5.75 Å². The SMILES string of the molecule is C[C@@H]1c2ccccc2O[C@@H]1C(=O)N(C)[C@@H]1CCNC1. The Kier molecular flexibility index (Phi) is 3.19. The number of benzene rings is 1. The molecular weight excluding hydrogens is 240 g/mol. The number of carbonyl (C=O) groups excluding carboxylic acids is 1. The molecule has 2 aliphatic heterocycles. The predicted octanol–water partition coefficient (Wildman–Crippen LogP) is 1.37. The molecule has 1 saturated heterocycles. The third-order valence-electron chi connectivity index (χ3n) is 4.29. The minimum absolute atomic E-state index is 0.0948. The Balaban J connectivity index is 1.75. The van der Waals surface area contributed by atoms with Crippen LogP contribution in [0.4, 0.5) is 0 Å². The third-order valence-corrected chi connectivity index (χ3v) is 4.29. The van der Waals surface area contributed by atoms with Crippen molar-refractivity contribution in [3.8, 4) is 5.75 Å². The maximum Gasteiger partial charge on any atom is 0.264 e. The molecule has 2 aliphatic rings. The van der Waals surface area contributed by atoms with E-state index in [-0.39, 0.29) is 17.9 Å². The van der Waals surface area contributed by atoms with Gasteiger partial charge in [-0.2, -0.15) is 0 Å². The minimum atomic E-state index is -0.372. The van der Waals surface area contributed by atoms with Gasteiger partial charge in [0.25, 0.3) is 5.91 Å². The second-order valence-corrected chi connectivity index (χ2v) is 5.46. The summed E-state index contributed by atoms with van der Waals surface area (Å²) in [5, 5.41) is 3.29. The second kappa shape index (κ2) is 4.85. The monoisotopic (exact) mass is 260 g/mol. The molecule has 1 amide bonds. The van der Waals surface area contributed by atoms with Gasteiger partial charge in [0.2, 0.25) is 0 Å². The summed E-state index contributed by atoms with van der Waals surface area (Å²) in [6, 6.07) is 8.23. The van der Waals surface area contributed by atoms with E-state index in [4.69, 9.17) is 4.74 Å². The second-order valence-electron chi connectivity index (χ2n) is 5.46. The van der Waals surface area contributed by atoms with E-state index >= 15 is 0 Å². The Labute approximate surface area is 113 Å². The van der Waals surface area contributed by atoms with E-state index in [1.807, 2.05) is 36.2 Å². The Bertz CT molecular complexity index is 483. The molecule has 1 aromatic rings. The molecule has 4 nitrogen and oxygen atoms in total. The molecule has 102 valence electrons. The highest BCUT2D eigenvalue weighted by Gasteiger charge is 2.39. The zero-order chi connectivity index (χ0) is 13.4. The average molecular weight is 260 g/mol. The summed E-state index contributed by atoms with van der Waals surface area (Å²) in [6.07, 6.45) is 0.652. The van der Waals surface area contributed by atoms with Crippen LogP contribution in [0.1, 0.15) is 24.8 Å². The van der Waals surface area contributed by atoms with E-state index in [9.17, 15) is 4.79 Å². The normalized spacial score (nSPS) is 28.8. The molecule has 0 bridgehead atoms. The zero-order valence-electron chi connectivity index (χ0n) is 11.4. The van der Waals surface area contributed by atoms with Gasteiger partial charge in [-0.3, -0.25) is 4.79 Å². The lowest BCUT2D eigenvalue weighted by atomic mass is 9.96. The number of amides is 1. The van der Waals surface area contributed by atoms with Crippen molar-refractivity contribution in [3.05, 3.63) is 29.8 Å². The van der Waals surface area contributed by atoms with Crippen molar-refractivity contribution >= 4 is 5.91 Å². The van der Waals surface area contributed by atoms with Crippen molar-refractivity contribution in [1.29, 1.82) is 0 Å². The Morgan fingerprint density at radius 1 is 1.42 bits per heavy atom. The quantitative estimate of drug-likeness (QED) is 0.873. The summed E-state index contributed by atoms with van der Waals surface area (Å²) in [5.41, 5.74) is 1.14. The largest absolute Gasteiger partial charge is 0.480 e. The highest BCUT2D eigenvalue weighted by atomic mass is 16.5. The first-order valence-electron chi connectivity index (χ1n) is 6.91. The van der Waals surface area contributed by atoms with Crippen molar-refractivity contribution in [3.63, 3.8) is 0 Å². The molecule has 0 saturated carbocycles. The number of likely N-dealkylation sites (N-methyl/N-ethyl adjacent to an activating group) is 1. The lowest BCUT2D eigenvalue weighted by molar-refractivity contribution is -0.139. The third kappa shape index (κ3) is 2.10. The van der Waals surface area contributed by atoms with Crippen LogP contribution < -0.4 is 10.1 Å². The molecule has 0 spiro atoms. The van der Waals surface area contributed by atoms with Crippen LogP contribution in [-0.2, 0) is 4.79 Å². The molecule has 0 radical (unpaired) electrons. The van der Waals surface area contributed by atoms with E-state index in [0.29, 0.717) is 6.04 Å². The number of ether oxygens (including phenoxy) is 1. The fourth-order valence-corrected chi connectivity index (χ4v) is 2.98. The number of nitrogens with one attached hydrogen (secondary N) is 1. The molecule has 1 aromatic carbocycles. The molecule has 1 fully saturated rings. The summed E-state index contributed by atoms with van der Waals surface area (Å²) in [5.74, 6) is 1.07. The van der Waals surface area contributed by atoms with Gasteiger partial charge in [-0.25, -0.2) is 0 Å². The summed E-state index contributed by atoms with van der Waals surface area (Å²) in [4.78, 5) is 14.4. The van der Waals surface area contributed by atoms with E-state index in [1.54, 1.807) is 0 Å². The number of carbonyl (C=O) groups is 1. The van der Waals surface area contributed by atoms with Crippen LogP contribution in [0.3, 0.4) is 0 Å². The van der Waals surface area contributed by atoms with Gasteiger partial charge in [0.1, 0.15) is 5.75 Å². The number of hydrogen-bond acceptors (Lipinski definition) is 3. The summed E-state index contributed by atoms with van der Waals surface area (Å²) < 4.78 is 5.85. The van der Waals surface area contributed by atoms with Crippen LogP contribution in [0.15, 0.2) is 24.3 Å². The molecule has 19 heavy (non-hydrogen) atoms. The number of nitrogens with zero attached hydrogens (tertiary/aromatic N) is 1. The fourth-order valence-electron chi connectivity index (χ4n) is 2.98. The van der Waals surface area contributed by atoms with Crippen LogP contribution in [0.2, 0.25) is 0 Å². The van der Waals surface area contributed by atoms with Crippen LogP contribution in [0, 0.1) is 0 Å². The standard InChI is InChI=1S/C15H20N2O2/c1-10-12-5-3-4-6-13(12)19-14(10)15(18)17(2)11-7-8-16-9-11/h3-6,10-11,14,16H,7-9H2,1-2H3/t10-,11-,14+/m1/s1. The summed E-state index contributed by atoms with van der Waals surface area (Å²) in [7, 11) is 1.89. The van der Waals surface area contributed by atoms with Crippen molar-refractivity contribution in [1.82, 2.24) is 10.2 Å². The maximum atomic E-state index is 12.6. The van der Waals surface area contributed by atoms with E-state index in [0.717, 1.165) is 30.8 Å². The van der Waals surface area contributed by atoms with Gasteiger partial charge < -0.3 is 15.0 Å². The first-order valence-corrected chi connectivity index (χ1v) is 6.91. The number of para-hydroxylation sites is 1.